The van der Waals surface area contributed by atoms with Gasteiger partial charge >= 0.3 is 0 Å². The number of benzene rings is 2. The minimum Gasteiger partial charge on any atom is -0.497 e. The first-order valence-corrected chi connectivity index (χ1v) is 8.97. The molecule has 0 radical (unpaired) electrons. The van der Waals surface area contributed by atoms with Gasteiger partial charge < -0.3 is 19.7 Å². The van der Waals surface area contributed by atoms with E-state index in [1.807, 2.05) is 0 Å². The molecule has 1 N–H and O–H groups in total. The van der Waals surface area contributed by atoms with Crippen LogP contribution in [0.4, 0.5) is 11.4 Å². The van der Waals surface area contributed by atoms with Crippen molar-refractivity contribution in [2.24, 2.45) is 5.92 Å². The number of ether oxygens (including phenoxy) is 2. The van der Waals surface area contributed by atoms with Gasteiger partial charge in [-0.15, -0.1) is 0 Å². The molecule has 8 heteroatoms. The summed E-state index contributed by atoms with van der Waals surface area (Å²) in [7, 11) is 3.05. The molecule has 6 nitrogen and oxygen atoms in total. The zero-order chi connectivity index (χ0) is 19.6. The minimum atomic E-state index is -0.514. The number of halogens is 2. The van der Waals surface area contributed by atoms with Crippen LogP contribution in [0.25, 0.3) is 0 Å². The van der Waals surface area contributed by atoms with E-state index < -0.39 is 5.92 Å². The van der Waals surface area contributed by atoms with Crippen molar-refractivity contribution in [3.8, 4) is 11.5 Å². The Bertz CT molecular complexity index is 888. The lowest BCUT2D eigenvalue weighted by Crippen LogP contribution is -2.28. The standard InChI is InChI=1S/C19H18Cl2N2O4/c1-26-12-6-7-14(16(9-12)27-2)22-19(25)11-8-17(24)23(10-11)15-5-3-4-13(20)18(15)21/h3-7,9,11H,8,10H2,1-2H3,(H,22,25)/t11-/m0/s1. The average Bonchev–Trinajstić information content (AvgIpc) is 3.06. The second-order valence-electron chi connectivity index (χ2n) is 6.03. The maximum Gasteiger partial charge on any atom is 0.229 e. The smallest absolute Gasteiger partial charge is 0.229 e. The number of carbonyl (C=O) groups is 2. The topological polar surface area (TPSA) is 67.9 Å². The van der Waals surface area contributed by atoms with E-state index in [2.05, 4.69) is 5.32 Å². The molecule has 0 spiro atoms. The third-order valence-corrected chi connectivity index (χ3v) is 5.19. The second-order valence-corrected chi connectivity index (χ2v) is 6.82. The summed E-state index contributed by atoms with van der Waals surface area (Å²) in [4.78, 5) is 26.6. The maximum atomic E-state index is 12.7. The van der Waals surface area contributed by atoms with Gasteiger partial charge in [0.05, 0.1) is 41.6 Å². The van der Waals surface area contributed by atoms with Crippen LogP contribution in [0, 0.1) is 5.92 Å². The van der Waals surface area contributed by atoms with E-state index in [0.717, 1.165) is 0 Å². The fraction of sp³-hybridized carbons (Fsp3) is 0.263. The van der Waals surface area contributed by atoms with E-state index in [9.17, 15) is 9.59 Å². The molecule has 1 atom stereocenters. The van der Waals surface area contributed by atoms with Crippen molar-refractivity contribution in [2.45, 2.75) is 6.42 Å². The van der Waals surface area contributed by atoms with E-state index >= 15 is 0 Å². The van der Waals surface area contributed by atoms with Crippen LogP contribution in [0.2, 0.25) is 10.0 Å². The summed E-state index contributed by atoms with van der Waals surface area (Å²) in [5, 5.41) is 3.47. The molecule has 1 saturated heterocycles. The van der Waals surface area contributed by atoms with Gasteiger partial charge in [-0.1, -0.05) is 29.3 Å². The number of nitrogens with one attached hydrogen (secondary N) is 1. The molecule has 2 amide bonds. The average molecular weight is 409 g/mol. The molecule has 0 bridgehead atoms. The molecular weight excluding hydrogens is 391 g/mol. The Balaban J connectivity index is 1.76. The van der Waals surface area contributed by atoms with Crippen LogP contribution >= 0.6 is 23.2 Å². The number of amides is 2. The molecule has 1 heterocycles. The zero-order valence-corrected chi connectivity index (χ0v) is 16.3. The van der Waals surface area contributed by atoms with E-state index in [-0.39, 0.29) is 24.8 Å². The summed E-state index contributed by atoms with van der Waals surface area (Å²) in [5.74, 6) is 0.122. The Morgan fingerprint density at radius 1 is 1.19 bits per heavy atom. The minimum absolute atomic E-state index is 0.0904. The molecule has 142 valence electrons. The fourth-order valence-corrected chi connectivity index (χ4v) is 3.35. The van der Waals surface area contributed by atoms with Crippen molar-refractivity contribution in [3.63, 3.8) is 0 Å². The first-order valence-electron chi connectivity index (χ1n) is 8.22. The monoisotopic (exact) mass is 408 g/mol. The van der Waals surface area contributed by atoms with Gasteiger partial charge in [0.2, 0.25) is 11.8 Å². The van der Waals surface area contributed by atoms with Crippen molar-refractivity contribution in [2.75, 3.05) is 31.0 Å². The van der Waals surface area contributed by atoms with Crippen molar-refractivity contribution in [1.82, 2.24) is 0 Å². The van der Waals surface area contributed by atoms with Gasteiger partial charge in [0.1, 0.15) is 11.5 Å². The molecule has 1 aliphatic heterocycles. The highest BCUT2D eigenvalue weighted by atomic mass is 35.5. The van der Waals surface area contributed by atoms with Gasteiger partial charge in [-0.3, -0.25) is 9.59 Å². The normalized spacial score (nSPS) is 16.4. The van der Waals surface area contributed by atoms with Crippen LogP contribution < -0.4 is 19.7 Å². The summed E-state index contributed by atoms with van der Waals surface area (Å²) in [6, 6.07) is 10.2. The molecule has 2 aromatic carbocycles. The number of methoxy groups -OCH3 is 2. The first-order chi connectivity index (χ1) is 12.9. The van der Waals surface area contributed by atoms with Crippen LogP contribution in [0.5, 0.6) is 11.5 Å². The predicted octanol–water partition coefficient (Wildman–Crippen LogP) is 4.00. The molecule has 0 unspecified atom stereocenters. The van der Waals surface area contributed by atoms with Crippen molar-refractivity contribution >= 4 is 46.4 Å². The molecule has 3 rings (SSSR count). The lowest BCUT2D eigenvalue weighted by molar-refractivity contribution is -0.122. The molecule has 2 aromatic rings. The molecule has 0 aliphatic carbocycles. The number of anilines is 2. The van der Waals surface area contributed by atoms with Crippen molar-refractivity contribution in [1.29, 1.82) is 0 Å². The predicted molar refractivity (Wildman–Crippen MR) is 105 cm³/mol. The quantitative estimate of drug-likeness (QED) is 0.811. The zero-order valence-electron chi connectivity index (χ0n) is 14.8. The highest BCUT2D eigenvalue weighted by molar-refractivity contribution is 6.44. The summed E-state index contributed by atoms with van der Waals surface area (Å²) >= 11 is 12.2. The molecule has 0 saturated carbocycles. The van der Waals surface area contributed by atoms with E-state index in [1.54, 1.807) is 43.5 Å². The first kappa shape index (κ1) is 19.3. The molecule has 1 aliphatic rings. The summed E-state index contributed by atoms with van der Waals surface area (Å²) < 4.78 is 10.4. The molecule has 27 heavy (non-hydrogen) atoms. The van der Waals surface area contributed by atoms with Crippen LogP contribution in [-0.4, -0.2) is 32.6 Å². The number of carbonyl (C=O) groups excluding carboxylic acids is 2. The van der Waals surface area contributed by atoms with Crippen molar-refractivity contribution < 1.29 is 19.1 Å². The molecular formula is C19H18Cl2N2O4. The highest BCUT2D eigenvalue weighted by Gasteiger charge is 2.36. The third kappa shape index (κ3) is 3.96. The summed E-state index contributed by atoms with van der Waals surface area (Å²) in [6.07, 6.45) is 0.0904. The Kier molecular flexibility index (Phi) is 5.77. The van der Waals surface area contributed by atoms with Crippen LogP contribution in [-0.2, 0) is 9.59 Å². The van der Waals surface area contributed by atoms with Crippen LogP contribution in [0.1, 0.15) is 6.42 Å². The number of hydrogen-bond donors (Lipinski definition) is 1. The van der Waals surface area contributed by atoms with Gasteiger partial charge in [0.15, 0.2) is 0 Å². The van der Waals surface area contributed by atoms with E-state index in [1.165, 1.54) is 12.0 Å². The Hall–Kier alpha value is -2.44. The van der Waals surface area contributed by atoms with Gasteiger partial charge in [0.25, 0.3) is 0 Å². The number of nitrogens with zero attached hydrogens (tertiary/aromatic N) is 1. The van der Waals surface area contributed by atoms with E-state index in [4.69, 9.17) is 32.7 Å². The largest absolute Gasteiger partial charge is 0.497 e. The maximum absolute atomic E-state index is 12.7. The van der Waals surface area contributed by atoms with Crippen LogP contribution in [0.15, 0.2) is 36.4 Å². The molecule has 1 fully saturated rings. The highest BCUT2D eigenvalue weighted by Crippen LogP contribution is 2.36. The SMILES string of the molecule is COc1ccc(NC(=O)[C@H]2CC(=O)N(c3cccc(Cl)c3Cl)C2)c(OC)c1. The Morgan fingerprint density at radius 3 is 2.67 bits per heavy atom. The van der Waals surface area contributed by atoms with Crippen LogP contribution in [0.3, 0.4) is 0 Å². The second kappa shape index (κ2) is 8.06. The third-order valence-electron chi connectivity index (χ3n) is 4.38. The summed E-state index contributed by atoms with van der Waals surface area (Å²) in [5.41, 5.74) is 1.02. The number of hydrogen-bond acceptors (Lipinski definition) is 4. The van der Waals surface area contributed by atoms with Gasteiger partial charge in [-0.25, -0.2) is 0 Å². The van der Waals surface area contributed by atoms with Crippen molar-refractivity contribution in [3.05, 3.63) is 46.4 Å². The Morgan fingerprint density at radius 2 is 1.96 bits per heavy atom. The lowest BCUT2D eigenvalue weighted by atomic mass is 10.1. The molecule has 0 aromatic heterocycles. The van der Waals surface area contributed by atoms with E-state index in [0.29, 0.717) is 32.9 Å². The van der Waals surface area contributed by atoms with Gasteiger partial charge in [-0.2, -0.15) is 0 Å². The Labute approximate surface area is 167 Å². The van der Waals surface area contributed by atoms with Gasteiger partial charge in [0, 0.05) is 19.0 Å². The lowest BCUT2D eigenvalue weighted by Gasteiger charge is -2.19. The summed E-state index contributed by atoms with van der Waals surface area (Å²) in [6.45, 7) is 0.225. The number of rotatable bonds is 5. The fourth-order valence-electron chi connectivity index (χ4n) is 2.95. The van der Waals surface area contributed by atoms with Gasteiger partial charge in [-0.05, 0) is 24.3 Å².